The molecule has 0 spiro atoms. The van der Waals surface area contributed by atoms with E-state index in [1.54, 1.807) is 0 Å². The third-order valence-electron chi connectivity index (χ3n) is 4.12. The molecule has 19 heavy (non-hydrogen) atoms. The summed E-state index contributed by atoms with van der Waals surface area (Å²) in [6.07, 6.45) is 5.28. The maximum absolute atomic E-state index is 6.28. The van der Waals surface area contributed by atoms with Gasteiger partial charge in [0.1, 0.15) is 0 Å². The molecule has 1 N–H and O–H groups in total. The fourth-order valence-corrected chi connectivity index (χ4v) is 3.19. The highest BCUT2D eigenvalue weighted by atomic mass is 35.5. The summed E-state index contributed by atoms with van der Waals surface area (Å²) in [5.41, 5.74) is 1.15. The minimum absolute atomic E-state index is 0.649. The molecule has 2 nitrogen and oxygen atoms in total. The maximum atomic E-state index is 6.28. The Labute approximate surface area is 125 Å². The van der Waals surface area contributed by atoms with Gasteiger partial charge >= 0.3 is 0 Å². The minimum Gasteiger partial charge on any atom is -0.312 e. The molecule has 1 atom stereocenters. The SMILES string of the molecule is Clc1cccc(CN2CCCC2CNC2CC2)c1Cl. The molecule has 4 heteroatoms. The highest BCUT2D eigenvalue weighted by molar-refractivity contribution is 6.42. The summed E-state index contributed by atoms with van der Waals surface area (Å²) in [5.74, 6) is 0. The summed E-state index contributed by atoms with van der Waals surface area (Å²) in [4.78, 5) is 2.53. The molecule has 1 saturated heterocycles. The van der Waals surface area contributed by atoms with Crippen molar-refractivity contribution >= 4 is 23.2 Å². The van der Waals surface area contributed by atoms with Crippen LogP contribution in [0.25, 0.3) is 0 Å². The molecule has 1 aliphatic carbocycles. The first kappa shape index (κ1) is 13.7. The summed E-state index contributed by atoms with van der Waals surface area (Å²) in [6.45, 7) is 3.19. The van der Waals surface area contributed by atoms with Gasteiger partial charge in [-0.2, -0.15) is 0 Å². The molecule has 1 aromatic rings. The van der Waals surface area contributed by atoms with Gasteiger partial charge in [0.2, 0.25) is 0 Å². The Morgan fingerprint density at radius 2 is 2.05 bits per heavy atom. The number of hydrogen-bond acceptors (Lipinski definition) is 2. The molecule has 0 amide bonds. The van der Waals surface area contributed by atoms with E-state index in [1.165, 1.54) is 32.2 Å². The van der Waals surface area contributed by atoms with E-state index in [0.29, 0.717) is 16.1 Å². The number of likely N-dealkylation sites (tertiary alicyclic amines) is 1. The van der Waals surface area contributed by atoms with Gasteiger partial charge < -0.3 is 5.32 Å². The number of nitrogens with zero attached hydrogens (tertiary/aromatic N) is 1. The monoisotopic (exact) mass is 298 g/mol. The second-order valence-electron chi connectivity index (χ2n) is 5.66. The fraction of sp³-hybridized carbons (Fsp3) is 0.600. The summed E-state index contributed by atoms with van der Waals surface area (Å²) in [6, 6.07) is 7.35. The van der Waals surface area contributed by atoms with Crippen molar-refractivity contribution in [3.63, 3.8) is 0 Å². The number of benzene rings is 1. The molecule has 0 aromatic heterocycles. The number of hydrogen-bond donors (Lipinski definition) is 1. The molecular weight excluding hydrogens is 279 g/mol. The summed E-state index contributed by atoms with van der Waals surface area (Å²) < 4.78 is 0. The summed E-state index contributed by atoms with van der Waals surface area (Å²) in [7, 11) is 0. The predicted molar refractivity (Wildman–Crippen MR) is 80.9 cm³/mol. The number of rotatable bonds is 5. The van der Waals surface area contributed by atoms with Gasteiger partial charge in [0.05, 0.1) is 10.0 Å². The van der Waals surface area contributed by atoms with Gasteiger partial charge in [-0.3, -0.25) is 4.90 Å². The lowest BCUT2D eigenvalue weighted by Gasteiger charge is -2.25. The van der Waals surface area contributed by atoms with Crippen molar-refractivity contribution in [2.24, 2.45) is 0 Å². The molecular formula is C15H20Cl2N2. The van der Waals surface area contributed by atoms with Gasteiger partial charge in [0.15, 0.2) is 0 Å². The van der Waals surface area contributed by atoms with E-state index in [-0.39, 0.29) is 0 Å². The third-order valence-corrected chi connectivity index (χ3v) is 4.98. The molecule has 3 rings (SSSR count). The van der Waals surface area contributed by atoms with Crippen molar-refractivity contribution in [3.8, 4) is 0 Å². The third kappa shape index (κ3) is 3.43. The maximum Gasteiger partial charge on any atom is 0.0637 e. The van der Waals surface area contributed by atoms with Gasteiger partial charge in [0, 0.05) is 25.2 Å². The summed E-state index contributed by atoms with van der Waals surface area (Å²) >= 11 is 12.4. The van der Waals surface area contributed by atoms with Gasteiger partial charge in [-0.1, -0.05) is 35.3 Å². The molecule has 1 saturated carbocycles. The van der Waals surface area contributed by atoms with Crippen LogP contribution < -0.4 is 5.32 Å². The Bertz CT molecular complexity index is 446. The van der Waals surface area contributed by atoms with Crippen LogP contribution in [0.4, 0.5) is 0 Å². The molecule has 1 aliphatic heterocycles. The molecule has 0 bridgehead atoms. The lowest BCUT2D eigenvalue weighted by Crippen LogP contribution is -2.38. The molecule has 1 heterocycles. The van der Waals surface area contributed by atoms with E-state index >= 15 is 0 Å². The van der Waals surface area contributed by atoms with E-state index < -0.39 is 0 Å². The van der Waals surface area contributed by atoms with Crippen LogP contribution in [0.2, 0.25) is 10.0 Å². The van der Waals surface area contributed by atoms with E-state index in [9.17, 15) is 0 Å². The van der Waals surface area contributed by atoms with Gasteiger partial charge in [0.25, 0.3) is 0 Å². The van der Waals surface area contributed by atoms with Gasteiger partial charge in [-0.25, -0.2) is 0 Å². The first-order chi connectivity index (χ1) is 9.24. The zero-order valence-corrected chi connectivity index (χ0v) is 12.6. The highest BCUT2D eigenvalue weighted by Crippen LogP contribution is 2.29. The summed E-state index contributed by atoms with van der Waals surface area (Å²) in [5, 5.41) is 5.01. The Morgan fingerprint density at radius 3 is 2.84 bits per heavy atom. The van der Waals surface area contributed by atoms with Crippen molar-refractivity contribution < 1.29 is 0 Å². The van der Waals surface area contributed by atoms with Crippen LogP contribution in [0.15, 0.2) is 18.2 Å². The van der Waals surface area contributed by atoms with Crippen molar-refractivity contribution in [1.29, 1.82) is 0 Å². The van der Waals surface area contributed by atoms with Crippen molar-refractivity contribution in [1.82, 2.24) is 10.2 Å². The first-order valence-electron chi connectivity index (χ1n) is 7.14. The van der Waals surface area contributed by atoms with E-state index in [1.807, 2.05) is 12.1 Å². The normalized spacial score (nSPS) is 24.0. The van der Waals surface area contributed by atoms with Crippen LogP contribution in [0.5, 0.6) is 0 Å². The van der Waals surface area contributed by atoms with Crippen molar-refractivity contribution in [2.75, 3.05) is 13.1 Å². The smallest absolute Gasteiger partial charge is 0.0637 e. The van der Waals surface area contributed by atoms with Crippen LogP contribution in [0.1, 0.15) is 31.2 Å². The highest BCUT2D eigenvalue weighted by Gasteiger charge is 2.28. The zero-order chi connectivity index (χ0) is 13.2. The Hall–Kier alpha value is -0.280. The topological polar surface area (TPSA) is 15.3 Å². The van der Waals surface area contributed by atoms with Crippen molar-refractivity contribution in [2.45, 2.75) is 44.3 Å². The number of nitrogens with one attached hydrogen (secondary N) is 1. The Balaban J connectivity index is 1.62. The largest absolute Gasteiger partial charge is 0.312 e. The molecule has 1 unspecified atom stereocenters. The molecule has 0 radical (unpaired) electrons. The van der Waals surface area contributed by atoms with E-state index in [0.717, 1.165) is 24.7 Å². The lowest BCUT2D eigenvalue weighted by atomic mass is 10.1. The Morgan fingerprint density at radius 1 is 1.21 bits per heavy atom. The molecule has 1 aromatic carbocycles. The van der Waals surface area contributed by atoms with Gasteiger partial charge in [-0.15, -0.1) is 0 Å². The fourth-order valence-electron chi connectivity index (χ4n) is 2.81. The number of halogens is 2. The van der Waals surface area contributed by atoms with Crippen LogP contribution in [0, 0.1) is 0 Å². The molecule has 2 fully saturated rings. The van der Waals surface area contributed by atoms with Crippen molar-refractivity contribution in [3.05, 3.63) is 33.8 Å². The quantitative estimate of drug-likeness (QED) is 0.891. The standard InChI is InChI=1S/C15H20Cl2N2/c16-14-5-1-3-11(15(14)17)10-19-8-2-4-13(19)9-18-12-6-7-12/h1,3,5,12-13,18H,2,4,6-10H2. The predicted octanol–water partition coefficient (Wildman–Crippen LogP) is 3.71. The zero-order valence-electron chi connectivity index (χ0n) is 11.0. The lowest BCUT2D eigenvalue weighted by molar-refractivity contribution is 0.239. The van der Waals surface area contributed by atoms with Crippen LogP contribution in [-0.4, -0.2) is 30.1 Å². The van der Waals surface area contributed by atoms with Gasteiger partial charge in [-0.05, 0) is 43.9 Å². The van der Waals surface area contributed by atoms with Crippen LogP contribution in [0.3, 0.4) is 0 Å². The second kappa shape index (κ2) is 6.01. The second-order valence-corrected chi connectivity index (χ2v) is 6.45. The van der Waals surface area contributed by atoms with Crippen LogP contribution in [-0.2, 0) is 6.54 Å². The first-order valence-corrected chi connectivity index (χ1v) is 7.90. The molecule has 2 aliphatic rings. The Kier molecular flexibility index (Phi) is 4.33. The van der Waals surface area contributed by atoms with E-state index in [4.69, 9.17) is 23.2 Å². The van der Waals surface area contributed by atoms with Crippen LogP contribution >= 0.6 is 23.2 Å². The average molecular weight is 299 g/mol. The van der Waals surface area contributed by atoms with E-state index in [2.05, 4.69) is 16.3 Å². The molecule has 104 valence electrons. The minimum atomic E-state index is 0.649. The average Bonchev–Trinajstić information content (AvgIpc) is 3.13.